The van der Waals surface area contributed by atoms with Crippen molar-refractivity contribution in [2.24, 2.45) is 0 Å². The van der Waals surface area contributed by atoms with Crippen LogP contribution in [-0.2, 0) is 11.2 Å². The van der Waals surface area contributed by atoms with Gasteiger partial charge in [0.25, 0.3) is 0 Å². The van der Waals surface area contributed by atoms with Crippen LogP contribution in [0.3, 0.4) is 0 Å². The Kier molecular flexibility index (Phi) is 3.00. The summed E-state index contributed by atoms with van der Waals surface area (Å²) in [5.41, 5.74) is 0. The van der Waals surface area contributed by atoms with Crippen molar-refractivity contribution in [1.82, 2.24) is 14.8 Å². The predicted molar refractivity (Wildman–Crippen MR) is 46.4 cm³/mol. The molecule has 1 N–H and O–H groups in total. The maximum Gasteiger partial charge on any atom is 0.303 e. The van der Waals surface area contributed by atoms with Gasteiger partial charge in [0, 0.05) is 12.5 Å². The summed E-state index contributed by atoms with van der Waals surface area (Å²) in [6.45, 7) is 4.02. The molecular formula is C8H13N3O2. The van der Waals surface area contributed by atoms with Gasteiger partial charge >= 0.3 is 5.97 Å². The van der Waals surface area contributed by atoms with E-state index in [0.29, 0.717) is 6.42 Å². The van der Waals surface area contributed by atoms with Gasteiger partial charge in [-0.2, -0.15) is 0 Å². The highest BCUT2D eigenvalue weighted by atomic mass is 16.4. The quantitative estimate of drug-likeness (QED) is 0.752. The molecule has 13 heavy (non-hydrogen) atoms. The van der Waals surface area contributed by atoms with E-state index in [9.17, 15) is 4.79 Å². The highest BCUT2D eigenvalue weighted by Gasteiger charge is 2.08. The van der Waals surface area contributed by atoms with Crippen molar-refractivity contribution < 1.29 is 9.90 Å². The van der Waals surface area contributed by atoms with E-state index in [-0.39, 0.29) is 12.5 Å². The summed E-state index contributed by atoms with van der Waals surface area (Å²) < 4.78 is 1.88. The van der Waals surface area contributed by atoms with E-state index < -0.39 is 5.97 Å². The van der Waals surface area contributed by atoms with Gasteiger partial charge in [0.1, 0.15) is 12.2 Å². The highest BCUT2D eigenvalue weighted by molar-refractivity contribution is 5.66. The van der Waals surface area contributed by atoms with Crippen LogP contribution in [0.25, 0.3) is 0 Å². The zero-order valence-corrected chi connectivity index (χ0v) is 7.77. The van der Waals surface area contributed by atoms with Gasteiger partial charge in [0.05, 0.1) is 6.42 Å². The van der Waals surface area contributed by atoms with E-state index in [1.165, 1.54) is 0 Å². The van der Waals surface area contributed by atoms with Crippen molar-refractivity contribution in [1.29, 1.82) is 0 Å². The molecule has 0 amide bonds. The molecule has 1 aromatic rings. The van der Waals surface area contributed by atoms with Crippen LogP contribution < -0.4 is 0 Å². The molecule has 1 aromatic heterocycles. The largest absolute Gasteiger partial charge is 0.481 e. The third-order valence-electron chi connectivity index (χ3n) is 1.77. The standard InChI is InChI=1S/C8H13N3O2/c1-6(2)11-5-9-10-7(11)3-4-8(12)13/h5-6H,3-4H2,1-2H3,(H,12,13). The number of aromatic nitrogens is 3. The zero-order chi connectivity index (χ0) is 9.84. The number of rotatable bonds is 4. The Bertz CT molecular complexity index is 293. The third kappa shape index (κ3) is 2.54. The molecule has 72 valence electrons. The van der Waals surface area contributed by atoms with E-state index in [4.69, 9.17) is 5.11 Å². The molecular weight excluding hydrogens is 170 g/mol. The molecule has 0 spiro atoms. The lowest BCUT2D eigenvalue weighted by molar-refractivity contribution is -0.137. The van der Waals surface area contributed by atoms with Crippen molar-refractivity contribution in [2.75, 3.05) is 0 Å². The van der Waals surface area contributed by atoms with Gasteiger partial charge in [-0.25, -0.2) is 0 Å². The zero-order valence-electron chi connectivity index (χ0n) is 7.77. The van der Waals surface area contributed by atoms with Crippen LogP contribution in [0.4, 0.5) is 0 Å². The first-order valence-corrected chi connectivity index (χ1v) is 4.21. The summed E-state index contributed by atoms with van der Waals surface area (Å²) in [5, 5.41) is 16.1. The summed E-state index contributed by atoms with van der Waals surface area (Å²) >= 11 is 0. The maximum atomic E-state index is 10.3. The second kappa shape index (κ2) is 4.02. The fraction of sp³-hybridized carbons (Fsp3) is 0.625. The van der Waals surface area contributed by atoms with Crippen LogP contribution in [0.1, 0.15) is 32.1 Å². The number of aliphatic carboxylic acids is 1. The van der Waals surface area contributed by atoms with Crippen molar-refractivity contribution in [3.63, 3.8) is 0 Å². The Labute approximate surface area is 76.4 Å². The number of carboxylic acid groups (broad SMARTS) is 1. The third-order valence-corrected chi connectivity index (χ3v) is 1.77. The van der Waals surface area contributed by atoms with Crippen LogP contribution in [0.5, 0.6) is 0 Å². The van der Waals surface area contributed by atoms with Crippen LogP contribution in [0.15, 0.2) is 6.33 Å². The molecule has 0 aromatic carbocycles. The monoisotopic (exact) mass is 183 g/mol. The molecule has 0 saturated carbocycles. The first-order chi connectivity index (χ1) is 6.11. The van der Waals surface area contributed by atoms with E-state index in [0.717, 1.165) is 5.82 Å². The van der Waals surface area contributed by atoms with E-state index in [2.05, 4.69) is 10.2 Å². The summed E-state index contributed by atoms with van der Waals surface area (Å²) in [6.07, 6.45) is 2.17. The smallest absolute Gasteiger partial charge is 0.303 e. The van der Waals surface area contributed by atoms with Crippen LogP contribution in [0.2, 0.25) is 0 Å². The normalized spacial score (nSPS) is 10.7. The lowest BCUT2D eigenvalue weighted by atomic mass is 10.3. The molecule has 0 saturated heterocycles. The Morgan fingerprint density at radius 3 is 2.92 bits per heavy atom. The number of carboxylic acids is 1. The van der Waals surface area contributed by atoms with Gasteiger partial charge < -0.3 is 9.67 Å². The Hall–Kier alpha value is -1.39. The topological polar surface area (TPSA) is 68.0 Å². The molecule has 1 heterocycles. The van der Waals surface area contributed by atoms with Gasteiger partial charge in [0.15, 0.2) is 0 Å². The molecule has 5 heteroatoms. The fourth-order valence-electron chi connectivity index (χ4n) is 1.10. The molecule has 0 fully saturated rings. The van der Waals surface area contributed by atoms with Crippen molar-refractivity contribution in [3.05, 3.63) is 12.2 Å². The van der Waals surface area contributed by atoms with Crippen molar-refractivity contribution in [2.45, 2.75) is 32.7 Å². The number of aryl methyl sites for hydroxylation is 1. The van der Waals surface area contributed by atoms with Crippen LogP contribution in [-0.4, -0.2) is 25.8 Å². The first-order valence-electron chi connectivity index (χ1n) is 4.21. The van der Waals surface area contributed by atoms with E-state index in [1.54, 1.807) is 6.33 Å². The average Bonchev–Trinajstić information content (AvgIpc) is 2.47. The summed E-state index contributed by atoms with van der Waals surface area (Å²) in [4.78, 5) is 10.3. The molecule has 1 rings (SSSR count). The molecule has 0 radical (unpaired) electrons. The predicted octanol–water partition coefficient (Wildman–Crippen LogP) is 0.876. The van der Waals surface area contributed by atoms with Crippen molar-refractivity contribution in [3.8, 4) is 0 Å². The van der Waals surface area contributed by atoms with Gasteiger partial charge in [0.2, 0.25) is 0 Å². The molecule has 0 aliphatic heterocycles. The lowest BCUT2D eigenvalue weighted by Crippen LogP contribution is -2.07. The summed E-state index contributed by atoms with van der Waals surface area (Å²) in [5.74, 6) is -0.0734. The minimum absolute atomic E-state index is 0.103. The van der Waals surface area contributed by atoms with Gasteiger partial charge in [-0.15, -0.1) is 10.2 Å². The first kappa shape index (κ1) is 9.70. The summed E-state index contributed by atoms with van der Waals surface area (Å²) in [7, 11) is 0. The lowest BCUT2D eigenvalue weighted by Gasteiger charge is -2.08. The second-order valence-electron chi connectivity index (χ2n) is 3.14. The minimum Gasteiger partial charge on any atom is -0.481 e. The number of nitrogens with zero attached hydrogens (tertiary/aromatic N) is 3. The molecule has 0 aliphatic rings. The number of hydrogen-bond donors (Lipinski definition) is 1. The Morgan fingerprint density at radius 2 is 2.38 bits per heavy atom. The summed E-state index contributed by atoms with van der Waals surface area (Å²) in [6, 6.07) is 0.277. The fourth-order valence-corrected chi connectivity index (χ4v) is 1.10. The van der Waals surface area contributed by atoms with E-state index >= 15 is 0 Å². The average molecular weight is 183 g/mol. The molecule has 0 bridgehead atoms. The SMILES string of the molecule is CC(C)n1cnnc1CCC(=O)O. The molecule has 0 aliphatic carbocycles. The number of hydrogen-bond acceptors (Lipinski definition) is 3. The second-order valence-corrected chi connectivity index (χ2v) is 3.14. The van der Waals surface area contributed by atoms with Crippen molar-refractivity contribution >= 4 is 5.97 Å². The molecule has 5 nitrogen and oxygen atoms in total. The van der Waals surface area contributed by atoms with Gasteiger partial charge in [-0.05, 0) is 13.8 Å². The Morgan fingerprint density at radius 1 is 1.69 bits per heavy atom. The van der Waals surface area contributed by atoms with Gasteiger partial charge in [-0.1, -0.05) is 0 Å². The Balaban J connectivity index is 2.65. The van der Waals surface area contributed by atoms with E-state index in [1.807, 2.05) is 18.4 Å². The number of carbonyl (C=O) groups is 1. The minimum atomic E-state index is -0.807. The van der Waals surface area contributed by atoms with Crippen LogP contribution >= 0.6 is 0 Å². The highest BCUT2D eigenvalue weighted by Crippen LogP contribution is 2.07. The van der Waals surface area contributed by atoms with Gasteiger partial charge in [-0.3, -0.25) is 4.79 Å². The van der Waals surface area contributed by atoms with Crippen LogP contribution in [0, 0.1) is 0 Å². The maximum absolute atomic E-state index is 10.3. The molecule has 0 atom stereocenters. The molecule has 0 unspecified atom stereocenters.